The molecule has 0 aliphatic carbocycles. The minimum atomic E-state index is -0.842. The Morgan fingerprint density at radius 2 is 1.64 bits per heavy atom. The number of rotatable bonds is 12. The molecule has 1 heterocycles. The molecule has 2 unspecified atom stereocenters. The van der Waals surface area contributed by atoms with E-state index in [1.807, 2.05) is 86.6 Å². The van der Waals surface area contributed by atoms with Gasteiger partial charge in [0.05, 0.1) is 29.2 Å². The Kier molecular flexibility index (Phi) is 9.77. The van der Waals surface area contributed by atoms with Crippen molar-refractivity contribution in [1.29, 1.82) is 0 Å². The molecule has 0 aliphatic rings. The number of unbranched alkanes of at least 4 members (excludes halogenated alkanes) is 3. The zero-order valence-corrected chi connectivity index (χ0v) is 23.6. The zero-order valence-electron chi connectivity index (χ0n) is 22.8. The van der Waals surface area contributed by atoms with Gasteiger partial charge in [0.2, 0.25) is 5.91 Å². The molecule has 3 aromatic carbocycles. The first-order valence-electron chi connectivity index (χ1n) is 13.7. The van der Waals surface area contributed by atoms with Crippen LogP contribution in [0, 0.1) is 0 Å². The van der Waals surface area contributed by atoms with Gasteiger partial charge in [-0.15, -0.1) is 11.6 Å². The van der Waals surface area contributed by atoms with E-state index in [4.69, 9.17) is 21.3 Å². The van der Waals surface area contributed by atoms with E-state index in [2.05, 4.69) is 6.92 Å². The quantitative estimate of drug-likeness (QED) is 0.139. The molecule has 4 rings (SSSR count). The Morgan fingerprint density at radius 1 is 0.949 bits per heavy atom. The lowest BCUT2D eigenvalue weighted by Gasteiger charge is -2.32. The number of ether oxygens (including phenoxy) is 1. The zero-order chi connectivity index (χ0) is 27.8. The Morgan fingerprint density at radius 3 is 2.33 bits per heavy atom. The third kappa shape index (κ3) is 6.51. The highest BCUT2D eigenvalue weighted by atomic mass is 35.5. The SMILES string of the molecule is CCCCCCN(C(=O)C(Cl)c1ccccc1)C(C)c1nc2ccccc2c(=O)n1-c1ccc(OCC)cc1. The lowest BCUT2D eigenvalue weighted by Crippen LogP contribution is -2.39. The number of halogens is 1. The fourth-order valence-electron chi connectivity index (χ4n) is 4.79. The normalized spacial score (nSPS) is 12.7. The summed E-state index contributed by atoms with van der Waals surface area (Å²) >= 11 is 6.76. The van der Waals surface area contributed by atoms with Crippen molar-refractivity contribution in [1.82, 2.24) is 14.5 Å². The highest BCUT2D eigenvalue weighted by molar-refractivity contribution is 6.30. The van der Waals surface area contributed by atoms with Crippen LogP contribution in [-0.4, -0.2) is 33.5 Å². The average Bonchev–Trinajstić information content (AvgIpc) is 2.97. The second-order valence-electron chi connectivity index (χ2n) is 9.60. The summed E-state index contributed by atoms with van der Waals surface area (Å²) in [6.45, 7) is 7.08. The second kappa shape index (κ2) is 13.4. The van der Waals surface area contributed by atoms with E-state index >= 15 is 0 Å². The lowest BCUT2D eigenvalue weighted by molar-refractivity contribution is -0.133. The third-order valence-corrected chi connectivity index (χ3v) is 7.33. The number of aromatic nitrogens is 2. The molecule has 2 atom stereocenters. The van der Waals surface area contributed by atoms with E-state index < -0.39 is 11.4 Å². The van der Waals surface area contributed by atoms with Crippen molar-refractivity contribution in [3.8, 4) is 11.4 Å². The summed E-state index contributed by atoms with van der Waals surface area (Å²) in [6.07, 6.45) is 4.02. The van der Waals surface area contributed by atoms with Gasteiger partial charge in [0.15, 0.2) is 0 Å². The van der Waals surface area contributed by atoms with Gasteiger partial charge in [0.25, 0.3) is 5.56 Å². The fraction of sp³-hybridized carbons (Fsp3) is 0.344. The van der Waals surface area contributed by atoms with Crippen LogP contribution in [0.1, 0.15) is 69.3 Å². The highest BCUT2D eigenvalue weighted by Crippen LogP contribution is 2.30. The van der Waals surface area contributed by atoms with Gasteiger partial charge in [-0.25, -0.2) is 4.98 Å². The molecule has 0 spiro atoms. The first kappa shape index (κ1) is 28.4. The molecule has 1 aromatic heterocycles. The van der Waals surface area contributed by atoms with Crippen LogP contribution < -0.4 is 10.3 Å². The monoisotopic (exact) mass is 545 g/mol. The van der Waals surface area contributed by atoms with Gasteiger partial charge in [-0.05, 0) is 62.2 Å². The molecule has 7 heteroatoms. The molecule has 0 N–H and O–H groups in total. The summed E-state index contributed by atoms with van der Waals surface area (Å²) in [5.74, 6) is 1.01. The molecule has 0 bridgehead atoms. The van der Waals surface area contributed by atoms with Crippen LogP contribution in [0.5, 0.6) is 5.75 Å². The number of alkyl halides is 1. The minimum absolute atomic E-state index is 0.185. The Balaban J connectivity index is 1.81. The van der Waals surface area contributed by atoms with E-state index in [0.717, 1.165) is 37.0 Å². The van der Waals surface area contributed by atoms with Gasteiger partial charge >= 0.3 is 0 Å². The standard InChI is InChI=1S/C32H36ClN3O3/c1-4-6-7-13-22-35(32(38)29(33)24-14-9-8-10-15-24)23(3)30-34-28-17-12-11-16-27(28)31(37)36(30)25-18-20-26(21-19-25)39-5-2/h8-12,14-21,23,29H,4-7,13,22H2,1-3H3. The Hall–Kier alpha value is -3.64. The van der Waals surface area contributed by atoms with Crippen LogP contribution in [0.2, 0.25) is 0 Å². The molecule has 0 fully saturated rings. The van der Waals surface area contributed by atoms with Gasteiger partial charge in [0, 0.05) is 6.54 Å². The Bertz CT molecular complexity index is 1440. The van der Waals surface area contributed by atoms with Crippen LogP contribution in [0.15, 0.2) is 83.7 Å². The van der Waals surface area contributed by atoms with E-state index in [0.29, 0.717) is 35.6 Å². The van der Waals surface area contributed by atoms with Crippen molar-refractivity contribution in [3.05, 3.63) is 101 Å². The predicted molar refractivity (Wildman–Crippen MR) is 158 cm³/mol. The van der Waals surface area contributed by atoms with Crippen molar-refractivity contribution in [2.45, 2.75) is 57.9 Å². The maximum atomic E-state index is 13.9. The number of hydrogen-bond acceptors (Lipinski definition) is 4. The molecule has 4 aromatic rings. The molecular formula is C32H36ClN3O3. The molecule has 204 valence electrons. The smallest absolute Gasteiger partial charge is 0.266 e. The van der Waals surface area contributed by atoms with Crippen LogP contribution in [0.3, 0.4) is 0 Å². The third-order valence-electron chi connectivity index (χ3n) is 6.89. The van der Waals surface area contributed by atoms with E-state index in [1.54, 1.807) is 15.5 Å². The summed E-state index contributed by atoms with van der Waals surface area (Å²) in [4.78, 5) is 34.5. The largest absolute Gasteiger partial charge is 0.494 e. The summed E-state index contributed by atoms with van der Waals surface area (Å²) in [7, 11) is 0. The molecule has 39 heavy (non-hydrogen) atoms. The molecule has 0 aliphatic heterocycles. The van der Waals surface area contributed by atoms with Crippen molar-refractivity contribution in [3.63, 3.8) is 0 Å². The van der Waals surface area contributed by atoms with Gasteiger partial charge in [-0.2, -0.15) is 0 Å². The van der Waals surface area contributed by atoms with Gasteiger partial charge < -0.3 is 9.64 Å². The molecule has 1 amide bonds. The van der Waals surface area contributed by atoms with E-state index in [9.17, 15) is 9.59 Å². The maximum Gasteiger partial charge on any atom is 0.266 e. The number of fused-ring (bicyclic) bond motifs is 1. The van der Waals surface area contributed by atoms with Crippen LogP contribution in [0.25, 0.3) is 16.6 Å². The predicted octanol–water partition coefficient (Wildman–Crippen LogP) is 7.23. The summed E-state index contributed by atoms with van der Waals surface area (Å²) in [5.41, 5.74) is 1.81. The topological polar surface area (TPSA) is 64.4 Å². The number of nitrogens with zero attached hydrogens (tertiary/aromatic N) is 3. The molecule has 0 radical (unpaired) electrons. The van der Waals surface area contributed by atoms with Crippen molar-refractivity contribution in [2.75, 3.05) is 13.2 Å². The maximum absolute atomic E-state index is 13.9. The highest BCUT2D eigenvalue weighted by Gasteiger charge is 2.31. The number of carbonyl (C=O) groups is 1. The van der Waals surface area contributed by atoms with Crippen LogP contribution in [-0.2, 0) is 4.79 Å². The molecule has 0 saturated heterocycles. The van der Waals surface area contributed by atoms with Gasteiger partial charge in [-0.3, -0.25) is 14.2 Å². The van der Waals surface area contributed by atoms with Crippen LogP contribution in [0.4, 0.5) is 0 Å². The van der Waals surface area contributed by atoms with Crippen molar-refractivity contribution in [2.24, 2.45) is 0 Å². The number of hydrogen-bond donors (Lipinski definition) is 0. The van der Waals surface area contributed by atoms with Crippen LogP contribution >= 0.6 is 11.6 Å². The van der Waals surface area contributed by atoms with E-state index in [-0.39, 0.29) is 11.5 Å². The summed E-state index contributed by atoms with van der Waals surface area (Å²) in [6, 6.07) is 23.5. The molecule has 0 saturated carbocycles. The number of carbonyl (C=O) groups excluding carboxylic acids is 1. The summed E-state index contributed by atoms with van der Waals surface area (Å²) < 4.78 is 7.22. The van der Waals surface area contributed by atoms with Gasteiger partial charge in [0.1, 0.15) is 17.0 Å². The first-order chi connectivity index (χ1) is 19.0. The van der Waals surface area contributed by atoms with Crippen molar-refractivity contribution >= 4 is 28.4 Å². The van der Waals surface area contributed by atoms with E-state index in [1.165, 1.54) is 0 Å². The second-order valence-corrected chi connectivity index (χ2v) is 10.0. The molecular weight excluding hydrogens is 510 g/mol. The van der Waals surface area contributed by atoms with Gasteiger partial charge in [-0.1, -0.05) is 68.7 Å². The molecule has 6 nitrogen and oxygen atoms in total. The average molecular weight is 546 g/mol. The fourth-order valence-corrected chi connectivity index (χ4v) is 5.06. The minimum Gasteiger partial charge on any atom is -0.494 e. The van der Waals surface area contributed by atoms with Crippen molar-refractivity contribution < 1.29 is 9.53 Å². The number of para-hydroxylation sites is 1. The number of amides is 1. The summed E-state index contributed by atoms with van der Waals surface area (Å²) in [5, 5.41) is -0.325. The lowest BCUT2D eigenvalue weighted by atomic mass is 10.1. The first-order valence-corrected chi connectivity index (χ1v) is 14.1. The number of benzene rings is 3. The Labute approximate surface area is 235 Å².